The van der Waals surface area contributed by atoms with Crippen molar-refractivity contribution in [1.29, 1.82) is 0 Å². The van der Waals surface area contributed by atoms with Crippen LogP contribution in [-0.4, -0.2) is 43.0 Å². The quantitative estimate of drug-likeness (QED) is 0.846. The van der Waals surface area contributed by atoms with E-state index in [0.29, 0.717) is 29.8 Å². The highest BCUT2D eigenvalue weighted by molar-refractivity contribution is 5.98. The van der Waals surface area contributed by atoms with E-state index in [1.54, 1.807) is 25.4 Å². The molecule has 0 aromatic carbocycles. The number of aromatic nitrogens is 1. The van der Waals surface area contributed by atoms with E-state index in [4.69, 9.17) is 0 Å². The summed E-state index contributed by atoms with van der Waals surface area (Å²) in [6.45, 7) is 5.89. The third-order valence-electron chi connectivity index (χ3n) is 5.83. The Morgan fingerprint density at radius 3 is 2.62 bits per heavy atom. The van der Waals surface area contributed by atoms with Crippen LogP contribution in [0.1, 0.15) is 49.9 Å². The van der Waals surface area contributed by atoms with E-state index < -0.39 is 0 Å². The smallest absolute Gasteiger partial charge is 0.254 e. The molecule has 3 rings (SSSR count). The number of hydrogen-bond donors (Lipinski definition) is 2. The predicted octanol–water partition coefficient (Wildman–Crippen LogP) is 2.21. The first-order chi connectivity index (χ1) is 12.5. The van der Waals surface area contributed by atoms with E-state index in [2.05, 4.69) is 34.4 Å². The second-order valence-electron chi connectivity index (χ2n) is 7.86. The molecule has 2 aliphatic rings. The molecule has 0 bridgehead atoms. The molecule has 142 valence electrons. The van der Waals surface area contributed by atoms with Crippen LogP contribution in [0.3, 0.4) is 0 Å². The Labute approximate surface area is 155 Å². The largest absolute Gasteiger partial charge is 0.355 e. The van der Waals surface area contributed by atoms with Crippen molar-refractivity contribution >= 4 is 17.6 Å². The highest BCUT2D eigenvalue weighted by Gasteiger charge is 2.38. The van der Waals surface area contributed by atoms with Gasteiger partial charge in [-0.2, -0.15) is 0 Å². The van der Waals surface area contributed by atoms with Crippen molar-refractivity contribution < 1.29 is 9.59 Å². The van der Waals surface area contributed by atoms with Gasteiger partial charge in [0.15, 0.2) is 0 Å². The molecular formula is C20H30N4O2. The number of anilines is 1. The maximum absolute atomic E-state index is 12.6. The normalized spacial score (nSPS) is 23.5. The van der Waals surface area contributed by atoms with Crippen LogP contribution in [0.15, 0.2) is 18.3 Å². The van der Waals surface area contributed by atoms with E-state index >= 15 is 0 Å². The van der Waals surface area contributed by atoms with Crippen LogP contribution in [0, 0.1) is 17.8 Å². The Balaban J connectivity index is 1.77. The van der Waals surface area contributed by atoms with Gasteiger partial charge in [0.25, 0.3) is 5.91 Å². The van der Waals surface area contributed by atoms with Gasteiger partial charge in [0.1, 0.15) is 5.82 Å². The second kappa shape index (κ2) is 8.06. The molecule has 6 nitrogen and oxygen atoms in total. The zero-order valence-corrected chi connectivity index (χ0v) is 16.0. The van der Waals surface area contributed by atoms with Gasteiger partial charge in [-0.25, -0.2) is 4.98 Å². The number of rotatable bonds is 5. The molecule has 1 aromatic rings. The zero-order chi connectivity index (χ0) is 18.7. The Hall–Kier alpha value is -2.11. The Bertz CT molecular complexity index is 655. The lowest BCUT2D eigenvalue weighted by Crippen LogP contribution is -2.44. The number of carbonyl (C=O) groups excluding carboxylic acids is 2. The summed E-state index contributed by atoms with van der Waals surface area (Å²) in [5.74, 6) is 1.74. The van der Waals surface area contributed by atoms with Gasteiger partial charge < -0.3 is 15.5 Å². The SMILES string of the molecule is CNC(=O)c1cccnc1N1CC(NC(=O)C2CCCC2)C(C(C)C)C1. The fourth-order valence-electron chi connectivity index (χ4n) is 4.28. The van der Waals surface area contributed by atoms with Crippen molar-refractivity contribution in [3.8, 4) is 0 Å². The van der Waals surface area contributed by atoms with E-state index in [1.165, 1.54) is 0 Å². The third kappa shape index (κ3) is 3.84. The summed E-state index contributed by atoms with van der Waals surface area (Å²) in [5, 5.41) is 5.99. The minimum atomic E-state index is -0.132. The molecule has 0 radical (unpaired) electrons. The van der Waals surface area contributed by atoms with Crippen LogP contribution in [0.4, 0.5) is 5.82 Å². The molecule has 2 fully saturated rings. The molecule has 2 amide bonds. The van der Waals surface area contributed by atoms with Crippen LogP contribution in [0.5, 0.6) is 0 Å². The summed E-state index contributed by atoms with van der Waals surface area (Å²) in [4.78, 5) is 31.4. The standard InChI is InChI=1S/C20H30N4O2/c1-13(2)16-11-24(18-15(20(26)21-3)9-6-10-22-18)12-17(16)23-19(25)14-7-4-5-8-14/h6,9-10,13-14,16-17H,4-5,7-8,11-12H2,1-3H3,(H,21,26)(H,23,25). The number of nitrogens with one attached hydrogen (secondary N) is 2. The van der Waals surface area contributed by atoms with Crippen molar-refractivity contribution in [3.05, 3.63) is 23.9 Å². The highest BCUT2D eigenvalue weighted by Crippen LogP contribution is 2.31. The molecule has 1 aromatic heterocycles. The number of amides is 2. The van der Waals surface area contributed by atoms with E-state index in [0.717, 1.165) is 32.2 Å². The Kier molecular flexibility index (Phi) is 5.79. The van der Waals surface area contributed by atoms with Gasteiger partial charge >= 0.3 is 0 Å². The van der Waals surface area contributed by atoms with Gasteiger partial charge in [-0.3, -0.25) is 9.59 Å². The van der Waals surface area contributed by atoms with Crippen LogP contribution >= 0.6 is 0 Å². The second-order valence-corrected chi connectivity index (χ2v) is 7.86. The lowest BCUT2D eigenvalue weighted by atomic mass is 9.91. The molecule has 1 aliphatic carbocycles. The lowest BCUT2D eigenvalue weighted by Gasteiger charge is -2.24. The highest BCUT2D eigenvalue weighted by atomic mass is 16.2. The predicted molar refractivity (Wildman–Crippen MR) is 102 cm³/mol. The number of carbonyl (C=O) groups is 2. The van der Waals surface area contributed by atoms with Crippen LogP contribution in [0.2, 0.25) is 0 Å². The van der Waals surface area contributed by atoms with Crippen LogP contribution < -0.4 is 15.5 Å². The van der Waals surface area contributed by atoms with Gasteiger partial charge in [-0.15, -0.1) is 0 Å². The summed E-state index contributed by atoms with van der Waals surface area (Å²) >= 11 is 0. The zero-order valence-electron chi connectivity index (χ0n) is 16.0. The lowest BCUT2D eigenvalue weighted by molar-refractivity contribution is -0.125. The first-order valence-electron chi connectivity index (χ1n) is 9.73. The number of pyridine rings is 1. The monoisotopic (exact) mass is 358 g/mol. The summed E-state index contributed by atoms with van der Waals surface area (Å²) in [7, 11) is 1.63. The van der Waals surface area contributed by atoms with E-state index in [1.807, 2.05) is 0 Å². The summed E-state index contributed by atoms with van der Waals surface area (Å²) < 4.78 is 0. The van der Waals surface area contributed by atoms with Crippen molar-refractivity contribution in [2.24, 2.45) is 17.8 Å². The molecule has 26 heavy (non-hydrogen) atoms. The minimum Gasteiger partial charge on any atom is -0.355 e. The van der Waals surface area contributed by atoms with Crippen LogP contribution in [0.25, 0.3) is 0 Å². The first-order valence-corrected chi connectivity index (χ1v) is 9.73. The van der Waals surface area contributed by atoms with E-state index in [9.17, 15) is 9.59 Å². The van der Waals surface area contributed by atoms with E-state index in [-0.39, 0.29) is 23.8 Å². The molecule has 1 aliphatic heterocycles. The summed E-state index contributed by atoms with van der Waals surface area (Å²) in [5.41, 5.74) is 0.584. The average molecular weight is 358 g/mol. The van der Waals surface area contributed by atoms with Gasteiger partial charge in [0, 0.05) is 38.2 Å². The van der Waals surface area contributed by atoms with Gasteiger partial charge in [-0.1, -0.05) is 26.7 Å². The van der Waals surface area contributed by atoms with Crippen molar-refractivity contribution in [1.82, 2.24) is 15.6 Å². The van der Waals surface area contributed by atoms with Crippen molar-refractivity contribution in [2.75, 3.05) is 25.0 Å². The molecule has 2 unspecified atom stereocenters. The molecular weight excluding hydrogens is 328 g/mol. The first kappa shape index (κ1) is 18.7. The summed E-state index contributed by atoms with van der Waals surface area (Å²) in [6, 6.07) is 3.68. The number of nitrogens with zero attached hydrogens (tertiary/aromatic N) is 2. The van der Waals surface area contributed by atoms with Gasteiger partial charge in [-0.05, 0) is 30.9 Å². The number of hydrogen-bond acceptors (Lipinski definition) is 4. The minimum absolute atomic E-state index is 0.0997. The van der Waals surface area contributed by atoms with Crippen molar-refractivity contribution in [3.63, 3.8) is 0 Å². The molecule has 1 saturated carbocycles. The molecule has 1 saturated heterocycles. The van der Waals surface area contributed by atoms with Gasteiger partial charge in [0.2, 0.25) is 5.91 Å². The maximum atomic E-state index is 12.6. The molecule has 2 atom stereocenters. The topological polar surface area (TPSA) is 74.3 Å². The maximum Gasteiger partial charge on any atom is 0.254 e. The molecule has 6 heteroatoms. The van der Waals surface area contributed by atoms with Crippen LogP contribution in [-0.2, 0) is 4.79 Å². The average Bonchev–Trinajstić information content (AvgIpc) is 3.31. The molecule has 2 heterocycles. The fourth-order valence-corrected chi connectivity index (χ4v) is 4.28. The third-order valence-corrected chi connectivity index (χ3v) is 5.83. The Morgan fingerprint density at radius 1 is 1.23 bits per heavy atom. The van der Waals surface area contributed by atoms with Crippen molar-refractivity contribution in [2.45, 2.75) is 45.6 Å². The fraction of sp³-hybridized carbons (Fsp3) is 0.650. The summed E-state index contributed by atoms with van der Waals surface area (Å²) in [6.07, 6.45) is 6.06. The molecule has 2 N–H and O–H groups in total. The van der Waals surface area contributed by atoms with Gasteiger partial charge in [0.05, 0.1) is 11.6 Å². The molecule has 0 spiro atoms. The Morgan fingerprint density at radius 2 is 1.96 bits per heavy atom.